The highest BCUT2D eigenvalue weighted by Gasteiger charge is 2.13. The van der Waals surface area contributed by atoms with E-state index < -0.39 is 0 Å². The maximum Gasteiger partial charge on any atom is 0.134 e. The van der Waals surface area contributed by atoms with E-state index in [0.717, 1.165) is 28.2 Å². The van der Waals surface area contributed by atoms with Gasteiger partial charge in [-0.05, 0) is 48.0 Å². The van der Waals surface area contributed by atoms with Crippen LogP contribution in [0.4, 0.5) is 4.39 Å². The molecule has 0 amide bonds. The zero-order valence-electron chi connectivity index (χ0n) is 15.3. The molecule has 4 rings (SSSR count). The number of fused-ring (bicyclic) bond motifs is 1. The summed E-state index contributed by atoms with van der Waals surface area (Å²) in [5, 5.41) is 0.405. The molecule has 1 aromatic heterocycles. The second-order valence-electron chi connectivity index (χ2n) is 6.35. The lowest BCUT2D eigenvalue weighted by Crippen LogP contribution is -2.05. The van der Waals surface area contributed by atoms with E-state index in [4.69, 9.17) is 21.3 Å². The Morgan fingerprint density at radius 3 is 2.54 bits per heavy atom. The van der Waals surface area contributed by atoms with Gasteiger partial charge in [-0.25, -0.2) is 9.37 Å². The lowest BCUT2D eigenvalue weighted by atomic mass is 10.2. The van der Waals surface area contributed by atoms with Gasteiger partial charge in [-0.15, -0.1) is 0 Å². The molecule has 140 valence electrons. The molecule has 0 aliphatic carbocycles. The van der Waals surface area contributed by atoms with Gasteiger partial charge in [0.25, 0.3) is 0 Å². The highest BCUT2D eigenvalue weighted by atomic mass is 35.5. The number of nitrogens with zero attached hydrogens (tertiary/aromatic N) is 2. The molecule has 0 aliphatic heterocycles. The molecule has 0 aliphatic rings. The zero-order valence-corrected chi connectivity index (χ0v) is 16.0. The molecule has 5 heteroatoms. The first-order valence-electron chi connectivity index (χ1n) is 8.86. The van der Waals surface area contributed by atoms with Crippen LogP contribution in [0.5, 0.6) is 5.75 Å². The minimum atomic E-state index is -0.324. The summed E-state index contributed by atoms with van der Waals surface area (Å²) in [5.41, 5.74) is 3.25. The van der Waals surface area contributed by atoms with E-state index in [0.29, 0.717) is 17.1 Å². The van der Waals surface area contributed by atoms with Gasteiger partial charge in [0.1, 0.15) is 17.4 Å². The molecule has 1 heterocycles. The Morgan fingerprint density at radius 1 is 1.00 bits per heavy atom. The molecular weight excluding hydrogens is 375 g/mol. The summed E-state index contributed by atoms with van der Waals surface area (Å²) in [6.07, 6.45) is 3.90. The summed E-state index contributed by atoms with van der Waals surface area (Å²) in [6.45, 7) is 0.300. The van der Waals surface area contributed by atoms with Gasteiger partial charge in [-0.2, -0.15) is 0 Å². The van der Waals surface area contributed by atoms with Crippen LogP contribution in [-0.4, -0.2) is 16.7 Å². The Balaban J connectivity index is 1.75. The second kappa shape index (κ2) is 7.87. The van der Waals surface area contributed by atoms with Gasteiger partial charge in [0, 0.05) is 10.6 Å². The summed E-state index contributed by atoms with van der Waals surface area (Å²) in [6, 6.07) is 20.3. The minimum absolute atomic E-state index is 0.300. The van der Waals surface area contributed by atoms with E-state index in [1.807, 2.05) is 65.3 Å². The quantitative estimate of drug-likeness (QED) is 0.413. The Hall–Kier alpha value is -3.11. The van der Waals surface area contributed by atoms with Crippen molar-refractivity contribution in [1.29, 1.82) is 0 Å². The summed E-state index contributed by atoms with van der Waals surface area (Å²) in [4.78, 5) is 4.70. The van der Waals surface area contributed by atoms with Gasteiger partial charge in [0.15, 0.2) is 0 Å². The van der Waals surface area contributed by atoms with E-state index in [1.165, 1.54) is 6.07 Å². The van der Waals surface area contributed by atoms with E-state index in [9.17, 15) is 4.39 Å². The Labute approximate surface area is 167 Å². The van der Waals surface area contributed by atoms with Crippen LogP contribution in [0.1, 0.15) is 17.0 Å². The van der Waals surface area contributed by atoms with Crippen LogP contribution in [0.2, 0.25) is 5.02 Å². The summed E-state index contributed by atoms with van der Waals surface area (Å²) >= 11 is 6.25. The van der Waals surface area contributed by atoms with Crippen molar-refractivity contribution in [2.45, 2.75) is 6.54 Å². The van der Waals surface area contributed by atoms with Gasteiger partial charge in [0.2, 0.25) is 0 Å². The fraction of sp³-hybridized carbons (Fsp3) is 0.0870. The third-order valence-electron chi connectivity index (χ3n) is 4.60. The lowest BCUT2D eigenvalue weighted by molar-refractivity contribution is 0.415. The summed E-state index contributed by atoms with van der Waals surface area (Å²) in [7, 11) is 1.64. The molecule has 0 saturated carbocycles. The predicted octanol–water partition coefficient (Wildman–Crippen LogP) is 6.06. The molecule has 0 saturated heterocycles. The van der Waals surface area contributed by atoms with Gasteiger partial charge < -0.3 is 9.30 Å². The van der Waals surface area contributed by atoms with Gasteiger partial charge in [-0.1, -0.05) is 48.0 Å². The van der Waals surface area contributed by atoms with Crippen LogP contribution in [0.15, 0.2) is 66.7 Å². The average Bonchev–Trinajstić information content (AvgIpc) is 3.07. The van der Waals surface area contributed by atoms with Crippen LogP contribution < -0.4 is 4.74 Å². The van der Waals surface area contributed by atoms with Crippen molar-refractivity contribution in [1.82, 2.24) is 9.55 Å². The number of aromatic nitrogens is 2. The number of halogens is 2. The highest BCUT2D eigenvalue weighted by Crippen LogP contribution is 2.25. The molecule has 4 aromatic rings. The van der Waals surface area contributed by atoms with Crippen molar-refractivity contribution in [2.24, 2.45) is 0 Å². The number of rotatable bonds is 5. The van der Waals surface area contributed by atoms with E-state index >= 15 is 0 Å². The van der Waals surface area contributed by atoms with Gasteiger partial charge in [0.05, 0.1) is 24.7 Å². The third-order valence-corrected chi connectivity index (χ3v) is 4.96. The van der Waals surface area contributed by atoms with E-state index in [2.05, 4.69) is 0 Å². The summed E-state index contributed by atoms with van der Waals surface area (Å²) in [5.74, 6) is 1.21. The first kappa shape index (κ1) is 18.3. The van der Waals surface area contributed by atoms with Crippen molar-refractivity contribution in [3.05, 3.63) is 94.5 Å². The smallest absolute Gasteiger partial charge is 0.134 e. The largest absolute Gasteiger partial charge is 0.497 e. The molecule has 0 radical (unpaired) electrons. The molecule has 0 atom stereocenters. The fourth-order valence-corrected chi connectivity index (χ4v) is 3.34. The van der Waals surface area contributed by atoms with Crippen molar-refractivity contribution < 1.29 is 9.13 Å². The first-order valence-corrected chi connectivity index (χ1v) is 9.24. The minimum Gasteiger partial charge on any atom is -0.497 e. The number of hydrogen-bond acceptors (Lipinski definition) is 2. The van der Waals surface area contributed by atoms with Crippen LogP contribution in [-0.2, 0) is 6.54 Å². The number of para-hydroxylation sites is 2. The molecule has 0 unspecified atom stereocenters. The number of hydrogen-bond donors (Lipinski definition) is 0. The monoisotopic (exact) mass is 392 g/mol. The molecule has 0 fully saturated rings. The molecule has 28 heavy (non-hydrogen) atoms. The van der Waals surface area contributed by atoms with Crippen LogP contribution in [0, 0.1) is 5.82 Å². The maximum absolute atomic E-state index is 14.3. The molecular formula is C23H18ClFN2O. The van der Waals surface area contributed by atoms with Crippen molar-refractivity contribution in [2.75, 3.05) is 7.11 Å². The Kier molecular flexibility index (Phi) is 5.13. The number of methoxy groups -OCH3 is 1. The zero-order chi connectivity index (χ0) is 19.5. The van der Waals surface area contributed by atoms with Crippen molar-refractivity contribution >= 4 is 34.8 Å². The SMILES string of the molecule is COc1ccc(/C=C/c2nc3ccccc3n2Cc2c(F)cccc2Cl)cc1. The van der Waals surface area contributed by atoms with Gasteiger partial charge >= 0.3 is 0 Å². The molecule has 0 spiro atoms. The lowest BCUT2D eigenvalue weighted by Gasteiger charge is -2.10. The Morgan fingerprint density at radius 2 is 1.79 bits per heavy atom. The van der Waals surface area contributed by atoms with Crippen molar-refractivity contribution in [3.63, 3.8) is 0 Å². The van der Waals surface area contributed by atoms with Crippen LogP contribution in [0.25, 0.3) is 23.2 Å². The molecule has 3 aromatic carbocycles. The standard InChI is InChI=1S/C23H18ClFN2O/c1-28-17-12-9-16(10-13-17)11-14-23-26-21-7-2-3-8-22(21)27(23)15-18-19(24)5-4-6-20(18)25/h2-14H,15H2,1H3/b14-11+. The summed E-state index contributed by atoms with van der Waals surface area (Å²) < 4.78 is 21.5. The highest BCUT2D eigenvalue weighted by molar-refractivity contribution is 6.31. The third kappa shape index (κ3) is 3.64. The van der Waals surface area contributed by atoms with Crippen molar-refractivity contribution in [3.8, 4) is 5.75 Å². The number of imidazole rings is 1. The van der Waals surface area contributed by atoms with E-state index in [-0.39, 0.29) is 5.82 Å². The average molecular weight is 393 g/mol. The topological polar surface area (TPSA) is 27.1 Å². The van der Waals surface area contributed by atoms with E-state index in [1.54, 1.807) is 19.2 Å². The van der Waals surface area contributed by atoms with Crippen LogP contribution in [0.3, 0.4) is 0 Å². The number of ether oxygens (including phenoxy) is 1. The number of benzene rings is 3. The molecule has 0 bridgehead atoms. The maximum atomic E-state index is 14.3. The molecule has 0 N–H and O–H groups in total. The fourth-order valence-electron chi connectivity index (χ4n) is 3.11. The Bertz CT molecular complexity index is 1130. The molecule has 3 nitrogen and oxygen atoms in total. The van der Waals surface area contributed by atoms with Gasteiger partial charge in [-0.3, -0.25) is 0 Å². The normalized spacial score (nSPS) is 11.4. The predicted molar refractivity (Wildman–Crippen MR) is 112 cm³/mol. The second-order valence-corrected chi connectivity index (χ2v) is 6.76. The van der Waals surface area contributed by atoms with Crippen LogP contribution >= 0.6 is 11.6 Å². The first-order chi connectivity index (χ1) is 13.7.